The van der Waals surface area contributed by atoms with Crippen LogP contribution in [0.15, 0.2) is 48.7 Å². The van der Waals surface area contributed by atoms with Gasteiger partial charge in [-0.3, -0.25) is 9.59 Å². The highest BCUT2D eigenvalue weighted by molar-refractivity contribution is 7.18. The molecule has 2 aromatic heterocycles. The topological polar surface area (TPSA) is 76.0 Å². The first kappa shape index (κ1) is 18.4. The van der Waals surface area contributed by atoms with Crippen LogP contribution in [0.2, 0.25) is 0 Å². The molecular formula is C21H22N4O2S. The number of hydrogen-bond donors (Lipinski definition) is 2. The van der Waals surface area contributed by atoms with Crippen LogP contribution >= 0.6 is 11.3 Å². The van der Waals surface area contributed by atoms with Gasteiger partial charge in [0.25, 0.3) is 5.91 Å². The van der Waals surface area contributed by atoms with E-state index in [2.05, 4.69) is 46.9 Å². The molecular weight excluding hydrogens is 372 g/mol. The monoisotopic (exact) mass is 394 g/mol. The average Bonchev–Trinajstić information content (AvgIpc) is 3.32. The number of carbonyl (C=O) groups excluding carboxylic acids is 2. The number of thiophene rings is 1. The second-order valence-corrected chi connectivity index (χ2v) is 8.01. The van der Waals surface area contributed by atoms with Crippen molar-refractivity contribution in [2.24, 2.45) is 5.92 Å². The molecule has 1 fully saturated rings. The predicted molar refractivity (Wildman–Crippen MR) is 111 cm³/mol. The molecule has 2 heterocycles. The zero-order valence-electron chi connectivity index (χ0n) is 15.6. The SMILES string of the molecule is CCc1ccc(Cn2nccc2NC(=O)c2ccc(NC(=O)C3CC3)s2)cc1. The van der Waals surface area contributed by atoms with Crippen LogP contribution in [0, 0.1) is 5.92 Å². The summed E-state index contributed by atoms with van der Waals surface area (Å²) in [5, 5.41) is 10.8. The number of amides is 2. The third-order valence-corrected chi connectivity index (χ3v) is 5.75. The van der Waals surface area contributed by atoms with Crippen LogP contribution < -0.4 is 10.6 Å². The molecule has 2 N–H and O–H groups in total. The number of aromatic nitrogens is 2. The summed E-state index contributed by atoms with van der Waals surface area (Å²) in [6.07, 6.45) is 4.59. The van der Waals surface area contributed by atoms with Gasteiger partial charge in [0.15, 0.2) is 0 Å². The molecule has 1 aliphatic carbocycles. The maximum Gasteiger partial charge on any atom is 0.266 e. The third-order valence-electron chi connectivity index (χ3n) is 4.75. The zero-order valence-corrected chi connectivity index (χ0v) is 16.5. The normalized spacial score (nSPS) is 13.3. The van der Waals surface area contributed by atoms with Gasteiger partial charge in [0.05, 0.1) is 22.6 Å². The number of rotatable bonds is 7. The highest BCUT2D eigenvalue weighted by Crippen LogP contribution is 2.31. The van der Waals surface area contributed by atoms with E-state index in [-0.39, 0.29) is 17.7 Å². The fraction of sp³-hybridized carbons (Fsp3) is 0.286. The van der Waals surface area contributed by atoms with Crippen molar-refractivity contribution in [2.75, 3.05) is 10.6 Å². The van der Waals surface area contributed by atoms with E-state index in [4.69, 9.17) is 0 Å². The van der Waals surface area contributed by atoms with Crippen molar-refractivity contribution in [3.8, 4) is 0 Å². The lowest BCUT2D eigenvalue weighted by molar-refractivity contribution is -0.117. The third kappa shape index (κ3) is 4.31. The highest BCUT2D eigenvalue weighted by Gasteiger charge is 2.29. The van der Waals surface area contributed by atoms with E-state index in [1.54, 1.807) is 29.1 Å². The summed E-state index contributed by atoms with van der Waals surface area (Å²) in [5.41, 5.74) is 2.41. The molecule has 0 atom stereocenters. The van der Waals surface area contributed by atoms with Crippen molar-refractivity contribution in [3.63, 3.8) is 0 Å². The number of hydrogen-bond acceptors (Lipinski definition) is 4. The van der Waals surface area contributed by atoms with Gasteiger partial charge in [-0.15, -0.1) is 11.3 Å². The van der Waals surface area contributed by atoms with Crippen molar-refractivity contribution in [3.05, 3.63) is 64.7 Å². The second-order valence-electron chi connectivity index (χ2n) is 6.93. The molecule has 0 aliphatic heterocycles. The van der Waals surface area contributed by atoms with Crippen molar-refractivity contribution >= 4 is 34.0 Å². The molecule has 6 nitrogen and oxygen atoms in total. The predicted octanol–water partition coefficient (Wildman–Crippen LogP) is 4.16. The smallest absolute Gasteiger partial charge is 0.266 e. The summed E-state index contributed by atoms with van der Waals surface area (Å²) >= 11 is 1.28. The summed E-state index contributed by atoms with van der Waals surface area (Å²) in [5.74, 6) is 0.614. The van der Waals surface area contributed by atoms with Crippen molar-refractivity contribution < 1.29 is 9.59 Å². The number of nitrogens with zero attached hydrogens (tertiary/aromatic N) is 2. The maximum atomic E-state index is 12.6. The van der Waals surface area contributed by atoms with E-state index in [0.29, 0.717) is 22.2 Å². The Morgan fingerprint density at radius 2 is 1.82 bits per heavy atom. The molecule has 4 rings (SSSR count). The van der Waals surface area contributed by atoms with Gasteiger partial charge >= 0.3 is 0 Å². The molecule has 0 spiro atoms. The van der Waals surface area contributed by atoms with Crippen molar-refractivity contribution in [1.82, 2.24) is 9.78 Å². The van der Waals surface area contributed by atoms with Gasteiger partial charge in [-0.2, -0.15) is 5.10 Å². The average molecular weight is 395 g/mol. The second kappa shape index (κ2) is 7.98. The molecule has 1 saturated carbocycles. The summed E-state index contributed by atoms with van der Waals surface area (Å²) in [6, 6.07) is 13.7. The number of anilines is 2. The van der Waals surface area contributed by atoms with E-state index in [0.717, 1.165) is 24.8 Å². The lowest BCUT2D eigenvalue weighted by atomic mass is 10.1. The van der Waals surface area contributed by atoms with Crippen LogP contribution in [-0.4, -0.2) is 21.6 Å². The Labute approximate surface area is 167 Å². The minimum Gasteiger partial charge on any atom is -0.317 e. The van der Waals surface area contributed by atoms with Gasteiger partial charge in [0.2, 0.25) is 5.91 Å². The molecule has 28 heavy (non-hydrogen) atoms. The van der Waals surface area contributed by atoms with Crippen LogP contribution in [0.1, 0.15) is 40.6 Å². The lowest BCUT2D eigenvalue weighted by Gasteiger charge is -2.09. The number of nitrogens with one attached hydrogen (secondary N) is 2. The van der Waals surface area contributed by atoms with E-state index in [1.165, 1.54) is 16.9 Å². The van der Waals surface area contributed by atoms with Crippen LogP contribution in [0.4, 0.5) is 10.8 Å². The van der Waals surface area contributed by atoms with Gasteiger partial charge in [-0.1, -0.05) is 31.2 Å². The molecule has 7 heteroatoms. The van der Waals surface area contributed by atoms with Crippen LogP contribution in [0.25, 0.3) is 0 Å². The summed E-state index contributed by atoms with van der Waals surface area (Å²) in [6.45, 7) is 2.71. The Morgan fingerprint density at radius 1 is 1.07 bits per heavy atom. The highest BCUT2D eigenvalue weighted by atomic mass is 32.1. The van der Waals surface area contributed by atoms with Gasteiger partial charge in [0, 0.05) is 12.0 Å². The van der Waals surface area contributed by atoms with Crippen LogP contribution in [0.3, 0.4) is 0 Å². The van der Waals surface area contributed by atoms with Gasteiger partial charge in [-0.05, 0) is 42.5 Å². The fourth-order valence-corrected chi connectivity index (χ4v) is 3.70. The maximum absolute atomic E-state index is 12.6. The number of aryl methyl sites for hydroxylation is 1. The Bertz CT molecular complexity index is 986. The molecule has 2 amide bonds. The molecule has 0 unspecified atom stereocenters. The van der Waals surface area contributed by atoms with Gasteiger partial charge < -0.3 is 10.6 Å². The first-order valence-corrected chi connectivity index (χ1v) is 10.3. The molecule has 0 bridgehead atoms. The molecule has 3 aromatic rings. The largest absolute Gasteiger partial charge is 0.317 e. The molecule has 0 radical (unpaired) electrons. The zero-order chi connectivity index (χ0) is 19.5. The minimum atomic E-state index is -0.208. The van der Waals surface area contributed by atoms with Crippen LogP contribution in [0.5, 0.6) is 0 Å². The fourth-order valence-electron chi connectivity index (χ4n) is 2.89. The Morgan fingerprint density at radius 3 is 2.54 bits per heavy atom. The van der Waals surface area contributed by atoms with E-state index in [1.807, 2.05) is 0 Å². The molecule has 1 aromatic carbocycles. The standard InChI is InChI=1S/C21H22N4O2S/c1-2-14-3-5-15(6-4-14)13-25-18(11-12-22-25)23-21(27)17-9-10-19(28-17)24-20(26)16-7-8-16/h3-6,9-12,16H,2,7-8,13H2,1H3,(H,23,27)(H,24,26). The van der Waals surface area contributed by atoms with E-state index < -0.39 is 0 Å². The summed E-state index contributed by atoms with van der Waals surface area (Å²) < 4.78 is 1.77. The first-order valence-electron chi connectivity index (χ1n) is 9.44. The quantitative estimate of drug-likeness (QED) is 0.632. The first-order chi connectivity index (χ1) is 13.6. The molecule has 144 valence electrons. The van der Waals surface area contributed by atoms with Gasteiger partial charge in [0.1, 0.15) is 5.82 Å². The summed E-state index contributed by atoms with van der Waals surface area (Å²) in [7, 11) is 0. The Hall–Kier alpha value is -2.93. The van der Waals surface area contributed by atoms with Crippen molar-refractivity contribution in [2.45, 2.75) is 32.7 Å². The summed E-state index contributed by atoms with van der Waals surface area (Å²) in [4.78, 5) is 25.0. The number of benzene rings is 1. The van der Waals surface area contributed by atoms with E-state index >= 15 is 0 Å². The lowest BCUT2D eigenvalue weighted by Crippen LogP contribution is -2.15. The van der Waals surface area contributed by atoms with Crippen molar-refractivity contribution in [1.29, 1.82) is 0 Å². The van der Waals surface area contributed by atoms with Gasteiger partial charge in [-0.25, -0.2) is 4.68 Å². The minimum absolute atomic E-state index is 0.0426. The Kier molecular flexibility index (Phi) is 5.25. The van der Waals surface area contributed by atoms with E-state index in [9.17, 15) is 9.59 Å². The molecule has 0 saturated heterocycles. The number of carbonyl (C=O) groups is 2. The van der Waals surface area contributed by atoms with Crippen LogP contribution in [-0.2, 0) is 17.8 Å². The Balaban J connectivity index is 1.40. The molecule has 1 aliphatic rings.